The minimum absolute atomic E-state index is 0.256. The molecule has 0 radical (unpaired) electrons. The molecule has 0 aliphatic carbocycles. The van der Waals surface area contributed by atoms with E-state index in [0.29, 0.717) is 11.6 Å². The molecule has 2 aromatic rings. The van der Waals surface area contributed by atoms with Crippen LogP contribution < -0.4 is 0 Å². The van der Waals surface area contributed by atoms with Crippen LogP contribution in [0.5, 0.6) is 0 Å². The maximum Gasteiger partial charge on any atom is 0.213 e. The van der Waals surface area contributed by atoms with Crippen LogP contribution in [-0.2, 0) is 0 Å². The van der Waals surface area contributed by atoms with Crippen LogP contribution in [0.15, 0.2) is 0 Å². The van der Waals surface area contributed by atoms with Crippen LogP contribution in [0.4, 0.5) is 0 Å². The lowest BCUT2D eigenvalue weighted by Crippen LogP contribution is -1.96. The standard InChI is InChI=1S/C11H14N4S/c1-6(2)9-8(5-12)15-11(13-9)16-10(14-15)7(3)4/h6-7H,1-4H3. The first kappa shape index (κ1) is 11.1. The van der Waals surface area contributed by atoms with Crippen LogP contribution >= 0.6 is 11.3 Å². The second-order valence-corrected chi connectivity index (χ2v) is 5.39. The summed E-state index contributed by atoms with van der Waals surface area (Å²) >= 11 is 1.56. The van der Waals surface area contributed by atoms with E-state index in [2.05, 4.69) is 30.0 Å². The average Bonchev–Trinajstić information content (AvgIpc) is 2.72. The van der Waals surface area contributed by atoms with Crippen molar-refractivity contribution in [2.45, 2.75) is 39.5 Å². The van der Waals surface area contributed by atoms with Gasteiger partial charge in [0.2, 0.25) is 4.96 Å². The van der Waals surface area contributed by atoms with Gasteiger partial charge < -0.3 is 0 Å². The molecule has 84 valence electrons. The molecule has 2 rings (SSSR count). The molecule has 0 unspecified atom stereocenters. The maximum absolute atomic E-state index is 9.16. The zero-order valence-electron chi connectivity index (χ0n) is 9.85. The molecule has 2 heterocycles. The molecular formula is C11H14N4S. The lowest BCUT2D eigenvalue weighted by molar-refractivity contribution is 0.787. The van der Waals surface area contributed by atoms with E-state index in [0.717, 1.165) is 15.7 Å². The molecule has 0 aliphatic rings. The molecule has 0 bridgehead atoms. The Hall–Kier alpha value is -1.41. The Bertz CT molecular complexity index is 556. The summed E-state index contributed by atoms with van der Waals surface area (Å²) in [6, 6.07) is 2.20. The molecule has 0 amide bonds. The Kier molecular flexibility index (Phi) is 2.68. The van der Waals surface area contributed by atoms with Crippen LogP contribution in [0.2, 0.25) is 0 Å². The number of imidazole rings is 1. The van der Waals surface area contributed by atoms with Crippen LogP contribution in [0.1, 0.15) is 55.9 Å². The van der Waals surface area contributed by atoms with Gasteiger partial charge in [-0.05, 0) is 5.92 Å². The van der Waals surface area contributed by atoms with Crippen molar-refractivity contribution in [1.82, 2.24) is 14.6 Å². The average molecular weight is 234 g/mol. The number of rotatable bonds is 2. The number of aromatic nitrogens is 3. The fraction of sp³-hybridized carbons (Fsp3) is 0.545. The molecule has 16 heavy (non-hydrogen) atoms. The van der Waals surface area contributed by atoms with Crippen molar-refractivity contribution in [3.63, 3.8) is 0 Å². The quantitative estimate of drug-likeness (QED) is 0.802. The summed E-state index contributed by atoms with van der Waals surface area (Å²) in [5, 5.41) is 14.6. The third-order valence-electron chi connectivity index (χ3n) is 2.39. The van der Waals surface area contributed by atoms with Crippen LogP contribution in [0.3, 0.4) is 0 Å². The lowest BCUT2D eigenvalue weighted by Gasteiger charge is -1.99. The van der Waals surface area contributed by atoms with Gasteiger partial charge in [-0.1, -0.05) is 39.0 Å². The molecule has 0 saturated heterocycles. The van der Waals surface area contributed by atoms with Crippen molar-refractivity contribution in [1.29, 1.82) is 5.26 Å². The number of hydrogen-bond donors (Lipinski definition) is 0. The number of hydrogen-bond acceptors (Lipinski definition) is 4. The van der Waals surface area contributed by atoms with Gasteiger partial charge in [-0.25, -0.2) is 4.98 Å². The van der Waals surface area contributed by atoms with Gasteiger partial charge in [0.1, 0.15) is 11.1 Å². The lowest BCUT2D eigenvalue weighted by atomic mass is 10.1. The molecule has 0 aliphatic heterocycles. The second kappa shape index (κ2) is 3.87. The molecule has 0 spiro atoms. The molecule has 0 aromatic carbocycles. The Morgan fingerprint density at radius 2 is 1.94 bits per heavy atom. The fourth-order valence-electron chi connectivity index (χ4n) is 1.52. The summed E-state index contributed by atoms with van der Waals surface area (Å²) in [5.74, 6) is 0.631. The molecular weight excluding hydrogens is 220 g/mol. The molecule has 5 heteroatoms. The predicted molar refractivity (Wildman–Crippen MR) is 63.8 cm³/mol. The zero-order chi connectivity index (χ0) is 11.9. The van der Waals surface area contributed by atoms with E-state index in [4.69, 9.17) is 5.26 Å². The van der Waals surface area contributed by atoms with E-state index in [1.54, 1.807) is 15.9 Å². The summed E-state index contributed by atoms with van der Waals surface area (Å²) in [6.07, 6.45) is 0. The monoisotopic (exact) mass is 234 g/mol. The largest absolute Gasteiger partial charge is 0.221 e. The summed E-state index contributed by atoms with van der Waals surface area (Å²) < 4.78 is 1.68. The first-order valence-electron chi connectivity index (χ1n) is 5.34. The van der Waals surface area contributed by atoms with Gasteiger partial charge in [0, 0.05) is 5.92 Å². The minimum atomic E-state index is 0.256. The Labute approximate surface area is 98.5 Å². The summed E-state index contributed by atoms with van der Waals surface area (Å²) in [7, 11) is 0. The van der Waals surface area contributed by atoms with Crippen molar-refractivity contribution in [3.05, 3.63) is 16.4 Å². The van der Waals surface area contributed by atoms with E-state index < -0.39 is 0 Å². The van der Waals surface area contributed by atoms with E-state index in [1.165, 1.54) is 0 Å². The van der Waals surface area contributed by atoms with Crippen LogP contribution in [-0.4, -0.2) is 14.6 Å². The summed E-state index contributed by atoms with van der Waals surface area (Å²) in [5.41, 5.74) is 1.42. The zero-order valence-corrected chi connectivity index (χ0v) is 10.7. The van der Waals surface area contributed by atoms with Crippen molar-refractivity contribution in [2.24, 2.45) is 0 Å². The van der Waals surface area contributed by atoms with E-state index in [-0.39, 0.29) is 5.92 Å². The van der Waals surface area contributed by atoms with Crippen molar-refractivity contribution in [3.8, 4) is 6.07 Å². The fourth-order valence-corrected chi connectivity index (χ4v) is 2.43. The molecule has 0 fully saturated rings. The van der Waals surface area contributed by atoms with Gasteiger partial charge in [0.05, 0.1) is 5.69 Å². The van der Waals surface area contributed by atoms with Gasteiger partial charge in [-0.3, -0.25) is 0 Å². The highest BCUT2D eigenvalue weighted by Gasteiger charge is 2.19. The maximum atomic E-state index is 9.16. The molecule has 0 saturated carbocycles. The van der Waals surface area contributed by atoms with Gasteiger partial charge in [0.25, 0.3) is 0 Å². The topological polar surface area (TPSA) is 54.0 Å². The predicted octanol–water partition coefficient (Wildman–Crippen LogP) is 2.91. The van der Waals surface area contributed by atoms with Crippen molar-refractivity contribution >= 4 is 16.3 Å². The summed E-state index contributed by atoms with van der Waals surface area (Å²) in [6.45, 7) is 8.26. The van der Waals surface area contributed by atoms with Gasteiger partial charge >= 0.3 is 0 Å². The minimum Gasteiger partial charge on any atom is -0.221 e. The molecule has 0 N–H and O–H groups in total. The third kappa shape index (κ3) is 1.59. The number of nitrogens with zero attached hydrogens (tertiary/aromatic N) is 4. The van der Waals surface area contributed by atoms with Crippen molar-refractivity contribution in [2.75, 3.05) is 0 Å². The first-order valence-corrected chi connectivity index (χ1v) is 6.15. The van der Waals surface area contributed by atoms with Gasteiger partial charge in [0.15, 0.2) is 5.69 Å². The molecule has 0 atom stereocenters. The highest BCUT2D eigenvalue weighted by molar-refractivity contribution is 7.16. The van der Waals surface area contributed by atoms with Crippen LogP contribution in [0, 0.1) is 11.3 Å². The highest BCUT2D eigenvalue weighted by atomic mass is 32.1. The highest BCUT2D eigenvalue weighted by Crippen LogP contribution is 2.26. The number of fused-ring (bicyclic) bond motifs is 1. The van der Waals surface area contributed by atoms with Gasteiger partial charge in [-0.15, -0.1) is 0 Å². The second-order valence-electron chi connectivity index (χ2n) is 4.40. The van der Waals surface area contributed by atoms with E-state index in [9.17, 15) is 0 Å². The smallest absolute Gasteiger partial charge is 0.213 e. The molecule has 2 aromatic heterocycles. The first-order chi connectivity index (χ1) is 7.54. The Morgan fingerprint density at radius 3 is 2.44 bits per heavy atom. The summed E-state index contributed by atoms with van der Waals surface area (Å²) in [4.78, 5) is 5.31. The van der Waals surface area contributed by atoms with E-state index in [1.807, 2.05) is 13.8 Å². The van der Waals surface area contributed by atoms with E-state index >= 15 is 0 Å². The molecule has 4 nitrogen and oxygen atoms in total. The van der Waals surface area contributed by atoms with Crippen LogP contribution in [0.25, 0.3) is 4.96 Å². The Morgan fingerprint density at radius 1 is 1.25 bits per heavy atom. The Balaban J connectivity index is 2.66. The third-order valence-corrected chi connectivity index (χ3v) is 3.60. The normalized spacial score (nSPS) is 11.6. The van der Waals surface area contributed by atoms with Crippen molar-refractivity contribution < 1.29 is 0 Å². The SMILES string of the molecule is CC(C)c1nn2c(C#N)c(C(C)C)nc2s1. The number of nitriles is 1. The van der Waals surface area contributed by atoms with Gasteiger partial charge in [-0.2, -0.15) is 14.9 Å².